The fourth-order valence-corrected chi connectivity index (χ4v) is 1.24. The van der Waals surface area contributed by atoms with E-state index >= 15 is 0 Å². The normalized spacial score (nSPS) is 29.0. The minimum absolute atomic E-state index is 0.792. The van der Waals surface area contributed by atoms with Crippen molar-refractivity contribution in [3.05, 3.63) is 0 Å². The first-order chi connectivity index (χ1) is 3.43. The lowest BCUT2D eigenvalue weighted by molar-refractivity contribution is 0.875. The number of nitrogens with zero attached hydrogens (tertiary/aromatic N) is 1. The monoisotopic (exact) mass is 115 g/mol. The lowest BCUT2D eigenvalue weighted by Crippen LogP contribution is -1.92. The molecule has 1 aliphatic heterocycles. The summed E-state index contributed by atoms with van der Waals surface area (Å²) < 4.78 is 4.03. The molecule has 0 aromatic carbocycles. The van der Waals surface area contributed by atoms with E-state index in [9.17, 15) is 0 Å². The number of hydrogen-bond donors (Lipinski definition) is 0. The Bertz CT molecular complexity index is 72.1. The van der Waals surface area contributed by atoms with Gasteiger partial charge in [0.25, 0.3) is 0 Å². The highest BCUT2D eigenvalue weighted by molar-refractivity contribution is 7.99. The van der Waals surface area contributed by atoms with Gasteiger partial charge in [-0.2, -0.15) is 0 Å². The van der Waals surface area contributed by atoms with E-state index in [4.69, 9.17) is 0 Å². The third-order valence-corrected chi connectivity index (χ3v) is 2.20. The van der Waals surface area contributed by atoms with E-state index in [-0.39, 0.29) is 0 Å². The summed E-state index contributed by atoms with van der Waals surface area (Å²) in [6.45, 7) is 2.20. The first-order valence-electron chi connectivity index (χ1n) is 2.61. The summed E-state index contributed by atoms with van der Waals surface area (Å²) in [6, 6.07) is 0. The molecule has 7 heavy (non-hydrogen) atoms. The molecule has 0 fully saturated rings. The average molecular weight is 115 g/mol. The van der Waals surface area contributed by atoms with Gasteiger partial charge in [0.1, 0.15) is 0 Å². The standard InChI is InChI=1S/C5H9NS/c1-2-5-3-4-6-7-5/h4-5H,2-3H2,1H3. The van der Waals surface area contributed by atoms with Crippen molar-refractivity contribution in [1.82, 2.24) is 0 Å². The number of hydrogen-bond acceptors (Lipinski definition) is 2. The molecule has 0 N–H and O–H groups in total. The molecule has 0 aliphatic carbocycles. The Hall–Kier alpha value is 0.0200. The molecule has 0 saturated carbocycles. The molecular weight excluding hydrogens is 106 g/mol. The van der Waals surface area contributed by atoms with Gasteiger partial charge in [0.05, 0.1) is 0 Å². The van der Waals surface area contributed by atoms with Crippen molar-refractivity contribution in [2.24, 2.45) is 4.40 Å². The van der Waals surface area contributed by atoms with Crippen LogP contribution in [0.25, 0.3) is 0 Å². The molecule has 0 radical (unpaired) electrons. The molecule has 2 heteroatoms. The van der Waals surface area contributed by atoms with Crippen LogP contribution < -0.4 is 0 Å². The van der Waals surface area contributed by atoms with Crippen molar-refractivity contribution < 1.29 is 0 Å². The van der Waals surface area contributed by atoms with Gasteiger partial charge in [-0.05, 0) is 24.8 Å². The maximum atomic E-state index is 4.03. The van der Waals surface area contributed by atoms with Gasteiger partial charge in [-0.25, -0.2) is 4.40 Å². The molecule has 1 nitrogen and oxygen atoms in total. The van der Waals surface area contributed by atoms with Gasteiger partial charge in [-0.1, -0.05) is 6.92 Å². The van der Waals surface area contributed by atoms with Gasteiger partial charge in [0.2, 0.25) is 0 Å². The van der Waals surface area contributed by atoms with Crippen LogP contribution >= 0.6 is 11.9 Å². The van der Waals surface area contributed by atoms with E-state index in [0.29, 0.717) is 0 Å². The minimum atomic E-state index is 0.792. The molecule has 1 rings (SSSR count). The van der Waals surface area contributed by atoms with Crippen molar-refractivity contribution in [1.29, 1.82) is 0 Å². The lowest BCUT2D eigenvalue weighted by Gasteiger charge is -1.97. The molecule has 1 heterocycles. The molecule has 0 bridgehead atoms. The van der Waals surface area contributed by atoms with Crippen LogP contribution in [0.2, 0.25) is 0 Å². The van der Waals surface area contributed by atoms with Crippen molar-refractivity contribution in [3.63, 3.8) is 0 Å². The Morgan fingerprint density at radius 2 is 2.86 bits per heavy atom. The molecule has 40 valence electrons. The summed E-state index contributed by atoms with van der Waals surface area (Å²) in [5.41, 5.74) is 0. The third kappa shape index (κ3) is 1.20. The van der Waals surface area contributed by atoms with Crippen LogP contribution in [0.4, 0.5) is 0 Å². The first-order valence-corrected chi connectivity index (χ1v) is 3.44. The summed E-state index contributed by atoms with van der Waals surface area (Å²) >= 11 is 1.71. The van der Waals surface area contributed by atoms with Gasteiger partial charge in [-0.3, -0.25) is 0 Å². The number of rotatable bonds is 1. The molecule has 0 aromatic rings. The predicted molar refractivity (Wildman–Crippen MR) is 34.8 cm³/mol. The van der Waals surface area contributed by atoms with E-state index in [1.54, 1.807) is 11.9 Å². The zero-order valence-corrected chi connectivity index (χ0v) is 5.24. The first kappa shape index (κ1) is 5.16. The zero-order valence-electron chi connectivity index (χ0n) is 4.42. The average Bonchev–Trinajstić information content (AvgIpc) is 2.14. The summed E-state index contributed by atoms with van der Waals surface area (Å²) in [4.78, 5) is 0. The highest BCUT2D eigenvalue weighted by Crippen LogP contribution is 2.22. The second-order valence-electron chi connectivity index (χ2n) is 1.66. The van der Waals surface area contributed by atoms with Gasteiger partial charge >= 0.3 is 0 Å². The minimum Gasteiger partial charge on any atom is -0.229 e. The second-order valence-corrected chi connectivity index (χ2v) is 2.75. The second kappa shape index (κ2) is 2.36. The van der Waals surface area contributed by atoms with E-state index in [2.05, 4.69) is 11.3 Å². The quantitative estimate of drug-likeness (QED) is 0.475. The molecule has 1 aliphatic rings. The van der Waals surface area contributed by atoms with Gasteiger partial charge in [-0.15, -0.1) is 0 Å². The predicted octanol–water partition coefficient (Wildman–Crippen LogP) is 1.89. The van der Waals surface area contributed by atoms with Crippen molar-refractivity contribution >= 4 is 18.2 Å². The SMILES string of the molecule is CCC1CC=NS1. The molecule has 0 spiro atoms. The van der Waals surface area contributed by atoms with Crippen LogP contribution in [0, 0.1) is 0 Å². The van der Waals surface area contributed by atoms with Gasteiger partial charge < -0.3 is 0 Å². The molecule has 0 aromatic heterocycles. The highest BCUT2D eigenvalue weighted by Gasteiger charge is 2.07. The van der Waals surface area contributed by atoms with Crippen LogP contribution in [0.5, 0.6) is 0 Å². The summed E-state index contributed by atoms with van der Waals surface area (Å²) in [5.74, 6) is 0. The van der Waals surface area contributed by atoms with Crippen LogP contribution in [0.3, 0.4) is 0 Å². The van der Waals surface area contributed by atoms with Crippen LogP contribution in [0.15, 0.2) is 4.40 Å². The van der Waals surface area contributed by atoms with E-state index < -0.39 is 0 Å². The summed E-state index contributed by atoms with van der Waals surface area (Å²) in [7, 11) is 0. The van der Waals surface area contributed by atoms with Gasteiger partial charge in [0, 0.05) is 11.5 Å². The maximum Gasteiger partial charge on any atom is 0.0313 e. The van der Waals surface area contributed by atoms with Crippen LogP contribution in [0.1, 0.15) is 19.8 Å². The molecule has 0 saturated heterocycles. The molecular formula is C5H9NS. The van der Waals surface area contributed by atoms with Crippen LogP contribution in [-0.4, -0.2) is 11.5 Å². The Morgan fingerprint density at radius 1 is 2.00 bits per heavy atom. The van der Waals surface area contributed by atoms with Crippen molar-refractivity contribution in [2.45, 2.75) is 25.0 Å². The van der Waals surface area contributed by atoms with E-state index in [0.717, 1.165) is 5.25 Å². The van der Waals surface area contributed by atoms with E-state index in [1.165, 1.54) is 12.8 Å². The highest BCUT2D eigenvalue weighted by atomic mass is 32.2. The fraction of sp³-hybridized carbons (Fsp3) is 0.800. The Balaban J connectivity index is 2.22. The third-order valence-electron chi connectivity index (χ3n) is 1.11. The Morgan fingerprint density at radius 3 is 3.14 bits per heavy atom. The van der Waals surface area contributed by atoms with Gasteiger partial charge in [0.15, 0.2) is 0 Å². The molecule has 1 atom stereocenters. The van der Waals surface area contributed by atoms with Crippen molar-refractivity contribution in [2.75, 3.05) is 0 Å². The fourth-order valence-electron chi connectivity index (χ4n) is 0.574. The Labute approximate surface area is 48.3 Å². The smallest absolute Gasteiger partial charge is 0.0313 e. The topological polar surface area (TPSA) is 12.4 Å². The van der Waals surface area contributed by atoms with Crippen molar-refractivity contribution in [3.8, 4) is 0 Å². The Kier molecular flexibility index (Phi) is 1.74. The molecule has 1 unspecified atom stereocenters. The summed E-state index contributed by atoms with van der Waals surface area (Å²) in [5, 5.41) is 0.792. The van der Waals surface area contributed by atoms with E-state index in [1.807, 2.05) is 6.21 Å². The zero-order chi connectivity index (χ0) is 5.11. The molecule has 0 amide bonds. The largest absolute Gasteiger partial charge is 0.229 e. The maximum absolute atomic E-state index is 4.03. The summed E-state index contributed by atoms with van der Waals surface area (Å²) in [6.07, 6.45) is 4.44. The van der Waals surface area contributed by atoms with Crippen LogP contribution in [-0.2, 0) is 0 Å². The lowest BCUT2D eigenvalue weighted by atomic mass is 10.3.